The highest BCUT2D eigenvalue weighted by Gasteiger charge is 2.51. The van der Waals surface area contributed by atoms with Crippen molar-refractivity contribution in [1.82, 2.24) is 15.5 Å². The van der Waals surface area contributed by atoms with Gasteiger partial charge in [-0.25, -0.2) is 4.79 Å². The fourth-order valence-electron chi connectivity index (χ4n) is 4.39. The maximum atomic E-state index is 12.8. The molecule has 1 aliphatic carbocycles. The normalized spacial score (nSPS) is 17.1. The number of carbonyl (C=O) groups is 3. The van der Waals surface area contributed by atoms with Crippen molar-refractivity contribution in [2.75, 3.05) is 13.7 Å². The lowest BCUT2D eigenvalue weighted by atomic mass is 9.82. The molecular formula is C25H29N3O5. The van der Waals surface area contributed by atoms with Gasteiger partial charge in [0, 0.05) is 6.54 Å². The molecule has 1 saturated carbocycles. The lowest BCUT2D eigenvalue weighted by molar-refractivity contribution is -0.135. The van der Waals surface area contributed by atoms with Gasteiger partial charge in [-0.3, -0.25) is 14.5 Å². The predicted octanol–water partition coefficient (Wildman–Crippen LogP) is 3.15. The lowest BCUT2D eigenvalue weighted by Crippen LogP contribution is -2.49. The van der Waals surface area contributed by atoms with Crippen molar-refractivity contribution in [2.24, 2.45) is 0 Å². The molecule has 174 valence electrons. The summed E-state index contributed by atoms with van der Waals surface area (Å²) in [4.78, 5) is 38.7. The topological polar surface area (TPSA) is 97.0 Å². The standard InChI is InChI=1S/C25H29N3O5/c1-32-21-14-19(10-11-20(21)33-17-18-8-4-2-5-9-18)15-26-22(29)16-28-23(30)25(27-24(28)31)12-6-3-7-13-25/h2,4-5,8-11,14H,3,6-7,12-13,15-17H2,1H3,(H,26,29)(H,27,31). The quantitative estimate of drug-likeness (QED) is 0.601. The van der Waals surface area contributed by atoms with Crippen molar-refractivity contribution < 1.29 is 23.9 Å². The molecule has 0 bridgehead atoms. The van der Waals surface area contributed by atoms with Crippen LogP contribution in [0.2, 0.25) is 0 Å². The molecule has 1 aliphatic heterocycles. The van der Waals surface area contributed by atoms with Gasteiger partial charge in [-0.1, -0.05) is 55.7 Å². The largest absolute Gasteiger partial charge is 0.493 e. The summed E-state index contributed by atoms with van der Waals surface area (Å²) in [6, 6.07) is 14.8. The number of benzene rings is 2. The molecule has 2 aliphatic rings. The third-order valence-corrected chi connectivity index (χ3v) is 6.21. The summed E-state index contributed by atoms with van der Waals surface area (Å²) in [5.74, 6) is 0.484. The first-order valence-corrected chi connectivity index (χ1v) is 11.3. The van der Waals surface area contributed by atoms with E-state index in [1.807, 2.05) is 36.4 Å². The van der Waals surface area contributed by atoms with E-state index < -0.39 is 17.5 Å². The summed E-state index contributed by atoms with van der Waals surface area (Å²) < 4.78 is 11.3. The van der Waals surface area contributed by atoms with Gasteiger partial charge in [0.2, 0.25) is 5.91 Å². The number of nitrogens with one attached hydrogen (secondary N) is 2. The summed E-state index contributed by atoms with van der Waals surface area (Å²) in [7, 11) is 1.56. The zero-order valence-electron chi connectivity index (χ0n) is 18.8. The van der Waals surface area contributed by atoms with Gasteiger partial charge in [0.25, 0.3) is 5.91 Å². The van der Waals surface area contributed by atoms with Crippen molar-refractivity contribution >= 4 is 17.8 Å². The van der Waals surface area contributed by atoms with Crippen molar-refractivity contribution in [3.05, 3.63) is 59.7 Å². The van der Waals surface area contributed by atoms with E-state index in [1.165, 1.54) is 0 Å². The molecule has 2 fully saturated rings. The van der Waals surface area contributed by atoms with Crippen LogP contribution in [0.3, 0.4) is 0 Å². The zero-order chi connectivity index (χ0) is 23.3. The van der Waals surface area contributed by atoms with Crippen molar-refractivity contribution in [2.45, 2.75) is 50.8 Å². The zero-order valence-corrected chi connectivity index (χ0v) is 18.8. The molecule has 8 heteroatoms. The summed E-state index contributed by atoms with van der Waals surface area (Å²) in [6.45, 7) is 0.367. The second-order valence-electron chi connectivity index (χ2n) is 8.50. The monoisotopic (exact) mass is 451 g/mol. The fourth-order valence-corrected chi connectivity index (χ4v) is 4.39. The fraction of sp³-hybridized carbons (Fsp3) is 0.400. The molecule has 2 N–H and O–H groups in total. The van der Waals surface area contributed by atoms with E-state index >= 15 is 0 Å². The predicted molar refractivity (Wildman–Crippen MR) is 122 cm³/mol. The van der Waals surface area contributed by atoms with Crippen LogP contribution in [0.4, 0.5) is 4.79 Å². The molecule has 1 saturated heterocycles. The summed E-state index contributed by atoms with van der Waals surface area (Å²) in [5.41, 5.74) is 1.04. The van der Waals surface area contributed by atoms with Crippen LogP contribution in [-0.4, -0.2) is 41.9 Å². The molecule has 33 heavy (non-hydrogen) atoms. The Hall–Kier alpha value is -3.55. The minimum atomic E-state index is -0.821. The summed E-state index contributed by atoms with van der Waals surface area (Å²) in [5, 5.41) is 5.60. The highest BCUT2D eigenvalue weighted by Crippen LogP contribution is 2.33. The minimum absolute atomic E-state index is 0.239. The molecule has 0 atom stereocenters. The second kappa shape index (κ2) is 9.94. The van der Waals surface area contributed by atoms with Crippen molar-refractivity contribution in [3.8, 4) is 11.5 Å². The smallest absolute Gasteiger partial charge is 0.325 e. The molecule has 8 nitrogen and oxygen atoms in total. The van der Waals surface area contributed by atoms with E-state index in [-0.39, 0.29) is 19.0 Å². The first-order chi connectivity index (χ1) is 16.0. The molecular weight excluding hydrogens is 422 g/mol. The van der Waals surface area contributed by atoms with Gasteiger partial charge in [-0.05, 0) is 36.1 Å². The van der Waals surface area contributed by atoms with Gasteiger partial charge < -0.3 is 20.1 Å². The van der Waals surface area contributed by atoms with Crippen LogP contribution in [-0.2, 0) is 22.7 Å². The SMILES string of the molecule is COc1cc(CNC(=O)CN2C(=O)NC3(CCCCC3)C2=O)ccc1OCc1ccccc1. The van der Waals surface area contributed by atoms with Crippen LogP contribution < -0.4 is 20.1 Å². The van der Waals surface area contributed by atoms with E-state index in [2.05, 4.69) is 10.6 Å². The number of ether oxygens (including phenoxy) is 2. The number of methoxy groups -OCH3 is 1. The molecule has 1 spiro atoms. The van der Waals surface area contributed by atoms with Crippen LogP contribution >= 0.6 is 0 Å². The number of hydrogen-bond donors (Lipinski definition) is 2. The third-order valence-electron chi connectivity index (χ3n) is 6.21. The Bertz CT molecular complexity index is 1020. The maximum absolute atomic E-state index is 12.8. The Labute approximate surface area is 193 Å². The molecule has 2 aromatic carbocycles. The average molecular weight is 452 g/mol. The number of nitrogens with zero attached hydrogens (tertiary/aromatic N) is 1. The average Bonchev–Trinajstić information content (AvgIpc) is 3.06. The van der Waals surface area contributed by atoms with E-state index in [1.54, 1.807) is 19.2 Å². The van der Waals surface area contributed by atoms with Crippen LogP contribution in [0.5, 0.6) is 11.5 Å². The molecule has 4 amide bonds. The minimum Gasteiger partial charge on any atom is -0.493 e. The molecule has 0 aromatic heterocycles. The number of imide groups is 1. The van der Waals surface area contributed by atoms with Gasteiger partial charge in [0.15, 0.2) is 11.5 Å². The number of amides is 4. The van der Waals surface area contributed by atoms with Crippen LogP contribution in [0.1, 0.15) is 43.2 Å². The highest BCUT2D eigenvalue weighted by molar-refractivity contribution is 6.09. The van der Waals surface area contributed by atoms with Gasteiger partial charge in [0.05, 0.1) is 7.11 Å². The molecule has 0 unspecified atom stereocenters. The van der Waals surface area contributed by atoms with E-state index in [0.29, 0.717) is 30.9 Å². The lowest BCUT2D eigenvalue weighted by Gasteiger charge is -2.30. The number of rotatable bonds is 8. The van der Waals surface area contributed by atoms with Gasteiger partial charge in [0.1, 0.15) is 18.7 Å². The Morgan fingerprint density at radius 3 is 2.52 bits per heavy atom. The van der Waals surface area contributed by atoms with Gasteiger partial charge >= 0.3 is 6.03 Å². The first-order valence-electron chi connectivity index (χ1n) is 11.3. The van der Waals surface area contributed by atoms with E-state index in [4.69, 9.17) is 9.47 Å². The van der Waals surface area contributed by atoms with E-state index in [9.17, 15) is 14.4 Å². The van der Waals surface area contributed by atoms with Crippen molar-refractivity contribution in [3.63, 3.8) is 0 Å². The molecule has 0 radical (unpaired) electrons. The van der Waals surface area contributed by atoms with Gasteiger partial charge in [-0.15, -0.1) is 0 Å². The molecule has 2 aromatic rings. The summed E-state index contributed by atoms with van der Waals surface area (Å²) >= 11 is 0. The molecule has 1 heterocycles. The van der Waals surface area contributed by atoms with Crippen LogP contribution in [0.25, 0.3) is 0 Å². The van der Waals surface area contributed by atoms with Crippen LogP contribution in [0, 0.1) is 0 Å². The Morgan fingerprint density at radius 1 is 1.03 bits per heavy atom. The molecule has 4 rings (SSSR count). The van der Waals surface area contributed by atoms with Crippen molar-refractivity contribution in [1.29, 1.82) is 0 Å². The maximum Gasteiger partial charge on any atom is 0.325 e. The van der Waals surface area contributed by atoms with Gasteiger partial charge in [-0.2, -0.15) is 0 Å². The number of hydrogen-bond acceptors (Lipinski definition) is 5. The number of urea groups is 1. The second-order valence-corrected chi connectivity index (χ2v) is 8.50. The Kier molecular flexibility index (Phi) is 6.82. The highest BCUT2D eigenvalue weighted by atomic mass is 16.5. The van der Waals surface area contributed by atoms with E-state index in [0.717, 1.165) is 35.3 Å². The Morgan fingerprint density at radius 2 is 1.79 bits per heavy atom. The first kappa shape index (κ1) is 22.6. The third kappa shape index (κ3) is 5.10. The van der Waals surface area contributed by atoms with Crippen LogP contribution in [0.15, 0.2) is 48.5 Å². The summed E-state index contributed by atoms with van der Waals surface area (Å²) in [6.07, 6.45) is 4.13. The Balaban J connectivity index is 1.31. The number of carbonyl (C=O) groups excluding carboxylic acids is 3.